The van der Waals surface area contributed by atoms with Gasteiger partial charge in [-0.1, -0.05) is 13.8 Å². The molecule has 88 valence electrons. The summed E-state index contributed by atoms with van der Waals surface area (Å²) in [7, 11) is 0. The number of nitrogens with zero attached hydrogens (tertiary/aromatic N) is 1. The minimum absolute atomic E-state index is 0.341. The lowest BCUT2D eigenvalue weighted by atomic mass is 10.2. The van der Waals surface area contributed by atoms with Crippen molar-refractivity contribution in [1.82, 2.24) is 4.98 Å². The second kappa shape index (κ2) is 5.75. The van der Waals surface area contributed by atoms with Crippen LogP contribution in [0.5, 0.6) is 0 Å². The van der Waals surface area contributed by atoms with Crippen molar-refractivity contribution in [3.05, 3.63) is 17.8 Å². The molecule has 1 aromatic heterocycles. The smallest absolute Gasteiger partial charge is 0.340 e. The van der Waals surface area contributed by atoms with Gasteiger partial charge in [-0.3, -0.25) is 0 Å². The summed E-state index contributed by atoms with van der Waals surface area (Å²) in [6.07, 6.45) is 1.58. The molecule has 2 N–H and O–H groups in total. The number of rotatable bonds is 4. The van der Waals surface area contributed by atoms with Crippen LogP contribution in [0.3, 0.4) is 0 Å². The van der Waals surface area contributed by atoms with Crippen LogP contribution < -0.4 is 5.73 Å². The van der Waals surface area contributed by atoms with Crippen LogP contribution in [0.1, 0.15) is 31.1 Å². The van der Waals surface area contributed by atoms with Crippen molar-refractivity contribution >= 4 is 23.4 Å². The number of ether oxygens (including phenoxy) is 1. The van der Waals surface area contributed by atoms with Crippen molar-refractivity contribution in [3.63, 3.8) is 0 Å². The monoisotopic (exact) mass is 240 g/mol. The van der Waals surface area contributed by atoms with Crippen LogP contribution in [0.4, 0.5) is 5.69 Å². The Morgan fingerprint density at radius 1 is 1.62 bits per heavy atom. The molecular formula is C11H16N2O2S. The Morgan fingerprint density at radius 3 is 2.88 bits per heavy atom. The van der Waals surface area contributed by atoms with Crippen molar-refractivity contribution in [2.45, 2.75) is 31.0 Å². The third-order valence-corrected chi connectivity index (χ3v) is 2.82. The van der Waals surface area contributed by atoms with E-state index in [1.165, 1.54) is 11.8 Å². The van der Waals surface area contributed by atoms with E-state index >= 15 is 0 Å². The SMILES string of the molecule is CCOC(=O)c1ccnc(SC(C)C)c1N. The van der Waals surface area contributed by atoms with Gasteiger partial charge >= 0.3 is 5.97 Å². The fourth-order valence-electron chi connectivity index (χ4n) is 1.16. The van der Waals surface area contributed by atoms with Crippen LogP contribution >= 0.6 is 11.8 Å². The Bertz CT molecular complexity index is 380. The molecule has 1 rings (SSSR count). The summed E-state index contributed by atoms with van der Waals surface area (Å²) in [4.78, 5) is 15.7. The molecular weight excluding hydrogens is 224 g/mol. The van der Waals surface area contributed by atoms with Gasteiger partial charge in [0.05, 0.1) is 17.9 Å². The summed E-state index contributed by atoms with van der Waals surface area (Å²) in [5.74, 6) is -0.395. The molecule has 0 saturated heterocycles. The van der Waals surface area contributed by atoms with Gasteiger partial charge < -0.3 is 10.5 Å². The summed E-state index contributed by atoms with van der Waals surface area (Å²) in [5, 5.41) is 1.05. The number of nitrogens with two attached hydrogens (primary N) is 1. The van der Waals surface area contributed by atoms with E-state index in [-0.39, 0.29) is 0 Å². The Labute approximate surface area is 99.6 Å². The van der Waals surface area contributed by atoms with Crippen molar-refractivity contribution in [2.75, 3.05) is 12.3 Å². The van der Waals surface area contributed by atoms with Crippen LogP contribution in [-0.4, -0.2) is 22.8 Å². The van der Waals surface area contributed by atoms with E-state index in [1.54, 1.807) is 19.2 Å². The first kappa shape index (κ1) is 12.8. The third-order valence-electron chi connectivity index (χ3n) is 1.80. The number of carbonyl (C=O) groups is 1. The van der Waals surface area contributed by atoms with Gasteiger partial charge in [-0.25, -0.2) is 9.78 Å². The molecule has 1 heterocycles. The number of esters is 1. The van der Waals surface area contributed by atoms with Gasteiger partial charge in [0.15, 0.2) is 0 Å². The van der Waals surface area contributed by atoms with Crippen LogP contribution in [0.15, 0.2) is 17.3 Å². The molecule has 0 spiro atoms. The standard InChI is InChI=1S/C11H16N2O2S/c1-4-15-11(14)8-5-6-13-10(9(8)12)16-7(2)3/h5-7H,4,12H2,1-3H3. The molecule has 0 aromatic carbocycles. The lowest BCUT2D eigenvalue weighted by Crippen LogP contribution is -2.09. The zero-order chi connectivity index (χ0) is 12.1. The Kier molecular flexibility index (Phi) is 4.61. The molecule has 0 saturated carbocycles. The third kappa shape index (κ3) is 3.13. The molecule has 0 aliphatic carbocycles. The number of thioether (sulfide) groups is 1. The summed E-state index contributed by atoms with van der Waals surface area (Å²) in [5.41, 5.74) is 6.67. The van der Waals surface area contributed by atoms with E-state index in [9.17, 15) is 4.79 Å². The van der Waals surface area contributed by atoms with Gasteiger partial charge in [0.1, 0.15) is 5.03 Å². The van der Waals surface area contributed by atoms with E-state index in [0.717, 1.165) is 0 Å². The van der Waals surface area contributed by atoms with Gasteiger partial charge in [-0.2, -0.15) is 0 Å². The highest BCUT2D eigenvalue weighted by atomic mass is 32.2. The van der Waals surface area contributed by atoms with E-state index < -0.39 is 5.97 Å². The average molecular weight is 240 g/mol. The first-order valence-electron chi connectivity index (χ1n) is 5.14. The van der Waals surface area contributed by atoms with Gasteiger partial charge in [-0.05, 0) is 13.0 Å². The van der Waals surface area contributed by atoms with Crippen LogP contribution in [0.2, 0.25) is 0 Å². The van der Waals surface area contributed by atoms with Crippen LogP contribution in [-0.2, 0) is 4.74 Å². The van der Waals surface area contributed by atoms with Crippen LogP contribution in [0.25, 0.3) is 0 Å². The summed E-state index contributed by atoms with van der Waals surface area (Å²) >= 11 is 1.53. The highest BCUT2D eigenvalue weighted by molar-refractivity contribution is 7.99. The molecule has 0 fully saturated rings. The molecule has 0 atom stereocenters. The average Bonchev–Trinajstić information content (AvgIpc) is 2.21. The Morgan fingerprint density at radius 2 is 2.31 bits per heavy atom. The summed E-state index contributed by atoms with van der Waals surface area (Å²) in [6.45, 7) is 6.19. The van der Waals surface area contributed by atoms with E-state index in [2.05, 4.69) is 4.98 Å². The molecule has 5 heteroatoms. The summed E-state index contributed by atoms with van der Waals surface area (Å²) < 4.78 is 4.91. The molecule has 0 amide bonds. The van der Waals surface area contributed by atoms with Crippen molar-refractivity contribution < 1.29 is 9.53 Å². The number of pyridine rings is 1. The number of anilines is 1. The highest BCUT2D eigenvalue weighted by Gasteiger charge is 2.15. The lowest BCUT2D eigenvalue weighted by molar-refractivity contribution is 0.0527. The van der Waals surface area contributed by atoms with Crippen molar-refractivity contribution in [1.29, 1.82) is 0 Å². The largest absolute Gasteiger partial charge is 0.462 e. The first-order valence-corrected chi connectivity index (χ1v) is 6.02. The normalized spacial score (nSPS) is 10.5. The minimum atomic E-state index is -0.395. The number of hydrogen-bond acceptors (Lipinski definition) is 5. The Hall–Kier alpha value is -1.23. The molecule has 0 radical (unpaired) electrons. The maximum atomic E-state index is 11.6. The molecule has 0 aliphatic heterocycles. The molecule has 16 heavy (non-hydrogen) atoms. The molecule has 0 unspecified atom stereocenters. The predicted octanol–water partition coefficient (Wildman–Crippen LogP) is 2.34. The topological polar surface area (TPSA) is 65.2 Å². The Balaban J connectivity index is 2.99. The van der Waals surface area contributed by atoms with E-state index in [0.29, 0.717) is 28.1 Å². The van der Waals surface area contributed by atoms with E-state index in [4.69, 9.17) is 10.5 Å². The molecule has 1 aromatic rings. The lowest BCUT2D eigenvalue weighted by Gasteiger charge is -2.10. The minimum Gasteiger partial charge on any atom is -0.462 e. The fraction of sp³-hybridized carbons (Fsp3) is 0.455. The second-order valence-corrected chi connectivity index (χ2v) is 5.03. The number of carbonyl (C=O) groups excluding carboxylic acids is 1. The van der Waals surface area contributed by atoms with Gasteiger partial charge in [0.25, 0.3) is 0 Å². The molecule has 0 bridgehead atoms. The predicted molar refractivity (Wildman–Crippen MR) is 65.6 cm³/mol. The number of aromatic nitrogens is 1. The van der Waals surface area contributed by atoms with Crippen LogP contribution in [0, 0.1) is 0 Å². The van der Waals surface area contributed by atoms with Crippen molar-refractivity contribution in [3.8, 4) is 0 Å². The maximum Gasteiger partial charge on any atom is 0.340 e. The van der Waals surface area contributed by atoms with Gasteiger partial charge in [-0.15, -0.1) is 11.8 Å². The maximum absolute atomic E-state index is 11.6. The zero-order valence-corrected chi connectivity index (χ0v) is 10.5. The van der Waals surface area contributed by atoms with Gasteiger partial charge in [0, 0.05) is 11.4 Å². The van der Waals surface area contributed by atoms with E-state index in [1.807, 2.05) is 13.8 Å². The molecule has 0 aliphatic rings. The van der Waals surface area contributed by atoms with Crippen molar-refractivity contribution in [2.24, 2.45) is 0 Å². The molecule has 4 nitrogen and oxygen atoms in total. The van der Waals surface area contributed by atoms with Gasteiger partial charge in [0.2, 0.25) is 0 Å². The quantitative estimate of drug-likeness (QED) is 0.646. The fourth-order valence-corrected chi connectivity index (χ4v) is 1.96. The first-order chi connectivity index (χ1) is 7.56. The summed E-state index contributed by atoms with van der Waals surface area (Å²) in [6, 6.07) is 1.58. The zero-order valence-electron chi connectivity index (χ0n) is 9.69. The number of hydrogen-bond donors (Lipinski definition) is 1. The highest BCUT2D eigenvalue weighted by Crippen LogP contribution is 2.28. The number of nitrogen functional groups attached to an aromatic ring is 1. The second-order valence-electron chi connectivity index (χ2n) is 3.46.